The third-order valence-electron chi connectivity index (χ3n) is 11.3. The maximum atomic E-state index is 6.14. The van der Waals surface area contributed by atoms with Crippen molar-refractivity contribution in [1.82, 2.24) is 9.88 Å². The first-order valence-corrected chi connectivity index (χ1v) is 20.0. The fourth-order valence-electron chi connectivity index (χ4n) is 8.60. The number of benzene rings is 8. The number of nitrogens with zero attached hydrogens (tertiary/aromatic N) is 3. The van der Waals surface area contributed by atoms with E-state index in [0.29, 0.717) is 0 Å². The Morgan fingerprint density at radius 2 is 1.14 bits per heavy atom. The number of fused-ring (bicyclic) bond motifs is 9. The highest BCUT2D eigenvalue weighted by Crippen LogP contribution is 2.42. The van der Waals surface area contributed by atoms with Crippen LogP contribution in [0.15, 0.2) is 196 Å². The van der Waals surface area contributed by atoms with Crippen molar-refractivity contribution < 1.29 is 4.42 Å². The van der Waals surface area contributed by atoms with Gasteiger partial charge in [-0.05, 0) is 77.4 Å². The summed E-state index contributed by atoms with van der Waals surface area (Å²) in [4.78, 5) is 10.4. The van der Waals surface area contributed by atoms with E-state index in [9.17, 15) is 0 Å². The molecule has 3 aromatic heterocycles. The van der Waals surface area contributed by atoms with E-state index in [2.05, 4.69) is 149 Å². The van der Waals surface area contributed by atoms with Crippen LogP contribution in [0.3, 0.4) is 0 Å². The van der Waals surface area contributed by atoms with Gasteiger partial charge in [-0.25, -0.2) is 9.98 Å². The number of hydrogen-bond acceptors (Lipinski definition) is 5. The molecule has 0 fully saturated rings. The van der Waals surface area contributed by atoms with Crippen LogP contribution >= 0.6 is 11.3 Å². The summed E-state index contributed by atoms with van der Waals surface area (Å²) in [5.74, 6) is 1.58. The van der Waals surface area contributed by atoms with Crippen LogP contribution in [0.2, 0.25) is 0 Å². The smallest absolute Gasteiger partial charge is 0.169 e. The van der Waals surface area contributed by atoms with E-state index in [-0.39, 0.29) is 0 Å². The van der Waals surface area contributed by atoms with Crippen LogP contribution in [0.1, 0.15) is 22.9 Å². The van der Waals surface area contributed by atoms with Crippen molar-refractivity contribution in [3.63, 3.8) is 0 Å². The van der Waals surface area contributed by atoms with E-state index in [4.69, 9.17) is 14.4 Å². The van der Waals surface area contributed by atoms with Crippen molar-refractivity contribution in [1.29, 1.82) is 0 Å². The largest absolute Gasteiger partial charge is 0.456 e. The van der Waals surface area contributed by atoms with Crippen molar-refractivity contribution in [2.24, 2.45) is 9.98 Å². The lowest BCUT2D eigenvalue weighted by atomic mass is 9.98. The third-order valence-corrected chi connectivity index (χ3v) is 12.4. The van der Waals surface area contributed by atoms with E-state index in [0.717, 1.165) is 56.0 Å². The van der Waals surface area contributed by atoms with Gasteiger partial charge in [-0.15, -0.1) is 11.3 Å². The Kier molecular flexibility index (Phi) is 7.09. The van der Waals surface area contributed by atoms with Gasteiger partial charge in [-0.1, -0.05) is 121 Å². The molecule has 8 aromatic carbocycles. The highest BCUT2D eigenvalue weighted by atomic mass is 32.1. The zero-order chi connectivity index (χ0) is 37.5. The molecular weight excluding hydrogens is 717 g/mol. The Bertz CT molecular complexity index is 3450. The van der Waals surface area contributed by atoms with Gasteiger partial charge in [0.1, 0.15) is 22.8 Å². The normalized spacial score (nSPS) is 14.5. The second kappa shape index (κ2) is 12.6. The Hall–Kier alpha value is -7.28. The highest BCUT2D eigenvalue weighted by molar-refractivity contribution is 7.25. The molecule has 1 aliphatic heterocycles. The number of furan rings is 1. The van der Waals surface area contributed by atoms with Gasteiger partial charge in [-0.2, -0.15) is 0 Å². The Morgan fingerprint density at radius 3 is 2.00 bits per heavy atom. The zero-order valence-corrected chi connectivity index (χ0v) is 31.4. The summed E-state index contributed by atoms with van der Waals surface area (Å²) in [6.07, 6.45) is -0.419. The number of nitrogens with one attached hydrogen (secondary N) is 1. The molecule has 6 heteroatoms. The monoisotopic (exact) mass is 748 g/mol. The fraction of sp³-hybridized carbons (Fsp3) is 0.0196. The van der Waals surface area contributed by atoms with Crippen LogP contribution in [0.4, 0.5) is 0 Å². The molecular formula is C51H32N4OS. The summed E-state index contributed by atoms with van der Waals surface area (Å²) in [5.41, 5.74) is 10.8. The number of thiophene rings is 1. The highest BCUT2D eigenvalue weighted by Gasteiger charge is 2.23. The van der Waals surface area contributed by atoms with Crippen LogP contribution in [-0.2, 0) is 0 Å². The lowest BCUT2D eigenvalue weighted by Crippen LogP contribution is -2.36. The maximum absolute atomic E-state index is 6.14. The molecule has 0 spiro atoms. The molecule has 11 aromatic rings. The molecule has 1 unspecified atom stereocenters. The average Bonchev–Trinajstić information content (AvgIpc) is 3.95. The first-order chi connectivity index (χ1) is 28.2. The topological polar surface area (TPSA) is 54.8 Å². The van der Waals surface area contributed by atoms with Crippen molar-refractivity contribution in [2.75, 3.05) is 0 Å². The van der Waals surface area contributed by atoms with Gasteiger partial charge in [0.2, 0.25) is 0 Å². The maximum Gasteiger partial charge on any atom is 0.169 e. The third kappa shape index (κ3) is 5.15. The van der Waals surface area contributed by atoms with E-state index in [1.807, 2.05) is 53.8 Å². The molecule has 12 rings (SSSR count). The van der Waals surface area contributed by atoms with Crippen molar-refractivity contribution in [3.05, 3.63) is 199 Å². The molecule has 0 bridgehead atoms. The average molecular weight is 749 g/mol. The minimum Gasteiger partial charge on any atom is -0.456 e. The predicted octanol–water partition coefficient (Wildman–Crippen LogP) is 13.2. The summed E-state index contributed by atoms with van der Waals surface area (Å²) >= 11 is 1.83. The van der Waals surface area contributed by atoms with Crippen LogP contribution in [0.5, 0.6) is 0 Å². The van der Waals surface area contributed by atoms with Gasteiger partial charge < -0.3 is 14.3 Å². The first kappa shape index (κ1) is 32.0. The van der Waals surface area contributed by atoms with E-state index in [1.165, 1.54) is 53.1 Å². The lowest BCUT2D eigenvalue weighted by Gasteiger charge is -2.22. The van der Waals surface area contributed by atoms with Gasteiger partial charge in [0.15, 0.2) is 6.17 Å². The van der Waals surface area contributed by atoms with Crippen molar-refractivity contribution in [2.45, 2.75) is 6.17 Å². The number of rotatable bonds is 5. The minimum absolute atomic E-state index is 0.419. The molecule has 1 N–H and O–H groups in total. The number of hydrogen-bond donors (Lipinski definition) is 1. The van der Waals surface area contributed by atoms with Crippen LogP contribution in [0.25, 0.3) is 80.7 Å². The molecule has 1 aliphatic rings. The van der Waals surface area contributed by atoms with Gasteiger partial charge >= 0.3 is 0 Å². The molecule has 1 atom stereocenters. The SMILES string of the molecule is c1ccc(C2=NC(c3ccc4c(c3)sc3cc(-c5cccc6c5c5ccccc5n6-c5ccccc5)ccc34)N=C(c3ccc4oc5ccccc5c4c3)N2)cc1. The van der Waals surface area contributed by atoms with E-state index in [1.54, 1.807) is 0 Å². The Labute approximate surface area is 331 Å². The van der Waals surface area contributed by atoms with E-state index >= 15 is 0 Å². The van der Waals surface area contributed by atoms with Crippen LogP contribution < -0.4 is 5.32 Å². The summed E-state index contributed by atoms with van der Waals surface area (Å²) in [7, 11) is 0. The molecule has 0 radical (unpaired) electrons. The van der Waals surface area contributed by atoms with Crippen LogP contribution in [-0.4, -0.2) is 16.2 Å². The number of aliphatic imine (C=N–C) groups is 2. The molecule has 268 valence electrons. The number of aromatic nitrogens is 1. The quantitative estimate of drug-likeness (QED) is 0.191. The lowest BCUT2D eigenvalue weighted by molar-refractivity contribution is 0.669. The number of para-hydroxylation sites is 3. The van der Waals surface area contributed by atoms with Gasteiger partial charge in [0, 0.05) is 58.5 Å². The van der Waals surface area contributed by atoms with Crippen LogP contribution in [0, 0.1) is 0 Å². The van der Waals surface area contributed by atoms with Gasteiger partial charge in [-0.3, -0.25) is 0 Å². The molecule has 0 aliphatic carbocycles. The zero-order valence-electron chi connectivity index (χ0n) is 30.6. The standard InChI is InChI=1S/C51H32N4OS/c1-3-12-31(13-4-1)49-52-50(33-24-27-45-41(28-33)37-16-8-10-21-44(37)56-45)54-51(53-49)34-23-26-39-38-25-22-32(29-46(38)57-47(39)30-34)36-18-11-20-43-48(36)40-17-7-9-19-42(40)55(43)35-14-5-2-6-15-35/h1-30,51H,(H,52,53,54). The van der Waals surface area contributed by atoms with Crippen molar-refractivity contribution >= 4 is 86.9 Å². The molecule has 0 saturated heterocycles. The second-order valence-corrected chi connectivity index (χ2v) is 15.7. The first-order valence-electron chi connectivity index (χ1n) is 19.2. The summed E-state index contributed by atoms with van der Waals surface area (Å²) in [5, 5.41) is 10.8. The minimum atomic E-state index is -0.419. The Morgan fingerprint density at radius 1 is 0.474 bits per heavy atom. The molecule has 5 nitrogen and oxygen atoms in total. The fourth-order valence-corrected chi connectivity index (χ4v) is 9.79. The molecule has 0 amide bonds. The molecule has 4 heterocycles. The summed E-state index contributed by atoms with van der Waals surface area (Å²) < 4.78 is 11.0. The molecule has 0 saturated carbocycles. The summed E-state index contributed by atoms with van der Waals surface area (Å²) in [6, 6.07) is 64.5. The Balaban J connectivity index is 0.969. The van der Waals surface area contributed by atoms with Crippen molar-refractivity contribution in [3.8, 4) is 16.8 Å². The number of amidine groups is 2. The van der Waals surface area contributed by atoms with E-state index < -0.39 is 6.17 Å². The van der Waals surface area contributed by atoms with Gasteiger partial charge in [0.05, 0.1) is 11.0 Å². The molecule has 57 heavy (non-hydrogen) atoms. The second-order valence-electron chi connectivity index (χ2n) is 14.6. The predicted molar refractivity (Wildman–Crippen MR) is 238 cm³/mol. The van der Waals surface area contributed by atoms with Gasteiger partial charge in [0.25, 0.3) is 0 Å². The summed E-state index contributed by atoms with van der Waals surface area (Å²) in [6.45, 7) is 0.